The van der Waals surface area contributed by atoms with Crippen LogP contribution in [0.4, 0.5) is 13.6 Å². The van der Waals surface area contributed by atoms with Crippen molar-refractivity contribution in [2.24, 2.45) is 5.92 Å². The number of carboxylic acid groups (broad SMARTS) is 1. The summed E-state index contributed by atoms with van der Waals surface area (Å²) in [5.41, 5.74) is 3.01. The molecule has 0 bridgehead atoms. The number of rotatable bonds is 10. The number of fused-ring (bicyclic) bond motifs is 3. The maximum absolute atomic E-state index is 13.2. The number of amides is 2. The van der Waals surface area contributed by atoms with Gasteiger partial charge in [-0.25, -0.2) is 13.6 Å². The minimum atomic E-state index is -2.86. The van der Waals surface area contributed by atoms with Gasteiger partial charge in [0, 0.05) is 12.3 Å². The summed E-state index contributed by atoms with van der Waals surface area (Å²) in [6.45, 7) is 1.56. The van der Waals surface area contributed by atoms with Crippen LogP contribution in [0.1, 0.15) is 49.7 Å². The molecule has 2 aliphatic carbocycles. The highest BCUT2D eigenvalue weighted by atomic mass is 19.3. The third-order valence-electron chi connectivity index (χ3n) is 6.77. The van der Waals surface area contributed by atoms with Gasteiger partial charge in [-0.05, 0) is 47.9 Å². The normalized spacial score (nSPS) is 17.1. The molecule has 0 radical (unpaired) electrons. The Hall–Kier alpha value is -3.49. The molecule has 1 saturated carbocycles. The predicted octanol–water partition coefficient (Wildman–Crippen LogP) is 4.31. The number of aliphatic carboxylic acids is 1. The van der Waals surface area contributed by atoms with Crippen molar-refractivity contribution in [1.29, 1.82) is 0 Å². The first-order valence-electron chi connectivity index (χ1n) is 11.6. The molecule has 0 saturated heterocycles. The van der Waals surface area contributed by atoms with Crippen molar-refractivity contribution in [2.45, 2.75) is 56.5 Å². The number of ether oxygens (including phenoxy) is 1. The third kappa shape index (κ3) is 5.61. The minimum absolute atomic E-state index is 0.0261. The van der Waals surface area contributed by atoms with Crippen molar-refractivity contribution in [2.75, 3.05) is 6.61 Å². The van der Waals surface area contributed by atoms with Crippen LogP contribution in [0.15, 0.2) is 48.5 Å². The maximum Gasteiger partial charge on any atom is 0.407 e. The minimum Gasteiger partial charge on any atom is -0.481 e. The molecule has 186 valence electrons. The van der Waals surface area contributed by atoms with Gasteiger partial charge in [0.25, 0.3) is 0 Å². The lowest BCUT2D eigenvalue weighted by Crippen LogP contribution is -2.56. The van der Waals surface area contributed by atoms with E-state index >= 15 is 0 Å². The van der Waals surface area contributed by atoms with Crippen LogP contribution in [0.2, 0.25) is 0 Å². The van der Waals surface area contributed by atoms with E-state index in [1.165, 1.54) is 0 Å². The van der Waals surface area contributed by atoms with E-state index in [4.69, 9.17) is 4.74 Å². The van der Waals surface area contributed by atoms with E-state index in [9.17, 15) is 28.3 Å². The Morgan fingerprint density at radius 1 is 1.06 bits per heavy atom. The zero-order valence-electron chi connectivity index (χ0n) is 19.3. The number of hydrogen-bond donors (Lipinski definition) is 3. The summed E-state index contributed by atoms with van der Waals surface area (Å²) in [6, 6.07) is 14.0. The molecular weight excluding hydrogens is 458 g/mol. The van der Waals surface area contributed by atoms with Gasteiger partial charge in [0.15, 0.2) is 0 Å². The lowest BCUT2D eigenvalue weighted by molar-refractivity contribution is -0.139. The van der Waals surface area contributed by atoms with Crippen molar-refractivity contribution in [3.8, 4) is 11.1 Å². The SMILES string of the molecule is CC(CC(=O)O)(NC(=O)C(CC(F)F)NC(=O)OCC1c2ccccc2-c2ccccc21)C1CC1. The lowest BCUT2D eigenvalue weighted by Gasteiger charge is -2.31. The van der Waals surface area contributed by atoms with Crippen LogP contribution in [0.3, 0.4) is 0 Å². The van der Waals surface area contributed by atoms with Gasteiger partial charge >= 0.3 is 12.1 Å². The summed E-state index contributed by atoms with van der Waals surface area (Å²) >= 11 is 0. The molecule has 9 heteroatoms. The van der Waals surface area contributed by atoms with Crippen LogP contribution in [0.5, 0.6) is 0 Å². The molecule has 2 unspecified atom stereocenters. The Balaban J connectivity index is 1.42. The molecule has 4 rings (SSSR count). The van der Waals surface area contributed by atoms with Gasteiger partial charge in [0.2, 0.25) is 12.3 Å². The van der Waals surface area contributed by atoms with Gasteiger partial charge in [0.1, 0.15) is 12.6 Å². The molecule has 35 heavy (non-hydrogen) atoms. The van der Waals surface area contributed by atoms with E-state index in [0.29, 0.717) is 0 Å². The Morgan fingerprint density at radius 2 is 1.63 bits per heavy atom. The molecule has 3 N–H and O–H groups in total. The number of alkyl halides is 2. The van der Waals surface area contributed by atoms with Crippen LogP contribution >= 0.6 is 0 Å². The number of carbonyl (C=O) groups is 3. The summed E-state index contributed by atoms with van der Waals surface area (Å²) in [5, 5.41) is 14.1. The highest BCUT2D eigenvalue weighted by Gasteiger charge is 2.45. The topological polar surface area (TPSA) is 105 Å². The molecule has 0 aliphatic heterocycles. The smallest absolute Gasteiger partial charge is 0.407 e. The molecule has 2 aromatic rings. The van der Waals surface area contributed by atoms with Gasteiger partial charge in [-0.3, -0.25) is 9.59 Å². The number of alkyl carbamates (subject to hydrolysis) is 1. The predicted molar refractivity (Wildman–Crippen MR) is 124 cm³/mol. The fourth-order valence-electron chi connectivity index (χ4n) is 4.89. The van der Waals surface area contributed by atoms with Gasteiger partial charge in [0.05, 0.1) is 12.0 Å². The van der Waals surface area contributed by atoms with Crippen molar-refractivity contribution >= 4 is 18.0 Å². The average molecular weight is 487 g/mol. The quantitative estimate of drug-likeness (QED) is 0.464. The van der Waals surface area contributed by atoms with E-state index in [1.54, 1.807) is 6.92 Å². The molecule has 2 atom stereocenters. The highest BCUT2D eigenvalue weighted by Crippen LogP contribution is 2.44. The monoisotopic (exact) mass is 486 g/mol. The van der Waals surface area contributed by atoms with Crippen LogP contribution in [-0.2, 0) is 14.3 Å². The number of nitrogens with one attached hydrogen (secondary N) is 2. The second-order valence-electron chi connectivity index (χ2n) is 9.40. The molecule has 2 aliphatic rings. The van der Waals surface area contributed by atoms with Crippen LogP contribution < -0.4 is 10.6 Å². The second-order valence-corrected chi connectivity index (χ2v) is 9.40. The lowest BCUT2D eigenvalue weighted by atomic mass is 9.91. The molecule has 1 fully saturated rings. The number of halogens is 2. The van der Waals surface area contributed by atoms with Gasteiger partial charge in [-0.1, -0.05) is 48.5 Å². The summed E-state index contributed by atoms with van der Waals surface area (Å²) in [7, 11) is 0. The average Bonchev–Trinajstić information content (AvgIpc) is 3.61. The largest absolute Gasteiger partial charge is 0.481 e. The maximum atomic E-state index is 13.2. The zero-order chi connectivity index (χ0) is 25.2. The van der Waals surface area contributed by atoms with E-state index in [2.05, 4.69) is 10.6 Å². The first-order chi connectivity index (χ1) is 16.7. The van der Waals surface area contributed by atoms with Crippen LogP contribution in [0, 0.1) is 5.92 Å². The molecule has 0 spiro atoms. The molecule has 0 aromatic heterocycles. The highest BCUT2D eigenvalue weighted by molar-refractivity contribution is 5.87. The summed E-state index contributed by atoms with van der Waals surface area (Å²) < 4.78 is 31.8. The number of carbonyl (C=O) groups excluding carboxylic acids is 2. The van der Waals surface area contributed by atoms with Crippen molar-refractivity contribution in [3.63, 3.8) is 0 Å². The third-order valence-corrected chi connectivity index (χ3v) is 6.77. The zero-order valence-corrected chi connectivity index (χ0v) is 19.3. The Morgan fingerprint density at radius 3 is 2.14 bits per heavy atom. The van der Waals surface area contributed by atoms with E-state index in [-0.39, 0.29) is 24.9 Å². The Labute approximate surface area is 201 Å². The van der Waals surface area contributed by atoms with Gasteiger partial charge in [-0.2, -0.15) is 0 Å². The van der Waals surface area contributed by atoms with Gasteiger partial charge in [-0.15, -0.1) is 0 Å². The molecule has 0 heterocycles. The van der Waals surface area contributed by atoms with Crippen molar-refractivity contribution in [3.05, 3.63) is 59.7 Å². The first kappa shape index (κ1) is 24.6. The summed E-state index contributed by atoms with van der Waals surface area (Å²) in [4.78, 5) is 36.7. The van der Waals surface area contributed by atoms with E-state index < -0.39 is 42.4 Å². The fourth-order valence-corrected chi connectivity index (χ4v) is 4.89. The van der Waals surface area contributed by atoms with Crippen LogP contribution in [0.25, 0.3) is 11.1 Å². The molecule has 2 aromatic carbocycles. The summed E-state index contributed by atoms with van der Waals surface area (Å²) in [5.74, 6) is -2.22. The standard InChI is InChI=1S/C26H28F2N2O5/c1-26(13-23(31)32,15-10-11-15)30-24(33)21(12-22(27)28)29-25(34)35-14-20-18-8-4-2-6-16(18)17-7-3-5-9-19(17)20/h2-9,15,20-22H,10-14H2,1H3,(H,29,34)(H,30,33)(H,31,32). The Bertz CT molecular complexity index is 1070. The molecular formula is C26H28F2N2O5. The fraction of sp³-hybridized carbons (Fsp3) is 0.423. The van der Waals surface area contributed by atoms with Crippen molar-refractivity contribution in [1.82, 2.24) is 10.6 Å². The van der Waals surface area contributed by atoms with Crippen LogP contribution in [-0.4, -0.2) is 47.7 Å². The van der Waals surface area contributed by atoms with Gasteiger partial charge < -0.3 is 20.5 Å². The van der Waals surface area contributed by atoms with E-state index in [1.807, 2.05) is 48.5 Å². The Kier molecular flexibility index (Phi) is 7.05. The number of carboxylic acids is 1. The summed E-state index contributed by atoms with van der Waals surface area (Å²) in [6.07, 6.45) is -3.61. The number of hydrogen-bond acceptors (Lipinski definition) is 4. The number of benzene rings is 2. The second kappa shape index (κ2) is 10.0. The van der Waals surface area contributed by atoms with E-state index in [0.717, 1.165) is 35.1 Å². The first-order valence-corrected chi connectivity index (χ1v) is 11.6. The molecule has 7 nitrogen and oxygen atoms in total. The molecule has 2 amide bonds. The van der Waals surface area contributed by atoms with Crippen molar-refractivity contribution < 1.29 is 33.0 Å².